The molecule has 0 saturated heterocycles. The molecule has 0 amide bonds. The molecule has 4 heteroatoms. The number of aromatic nitrogens is 1. The molecular formula is C24H17Cl2NO. The Bertz CT molecular complexity index is 1130. The molecule has 0 bridgehead atoms. The fourth-order valence-corrected chi connectivity index (χ4v) is 3.66. The van der Waals surface area contributed by atoms with E-state index < -0.39 is 0 Å². The van der Waals surface area contributed by atoms with Gasteiger partial charge in [-0.3, -0.25) is 4.79 Å². The molecule has 0 saturated carbocycles. The Morgan fingerprint density at radius 3 is 1.71 bits per heavy atom. The van der Waals surface area contributed by atoms with Gasteiger partial charge in [-0.05, 0) is 47.9 Å². The van der Waals surface area contributed by atoms with Crippen LogP contribution in [0.2, 0.25) is 10.0 Å². The molecule has 138 valence electrons. The van der Waals surface area contributed by atoms with Crippen molar-refractivity contribution in [3.05, 3.63) is 94.5 Å². The van der Waals surface area contributed by atoms with E-state index in [-0.39, 0.29) is 5.78 Å². The van der Waals surface area contributed by atoms with Crippen LogP contribution in [0, 0.1) is 0 Å². The molecule has 0 aliphatic carbocycles. The lowest BCUT2D eigenvalue weighted by Gasteiger charge is -2.08. The number of ketones is 1. The molecule has 1 aromatic heterocycles. The fraction of sp³-hybridized carbons (Fsp3) is 0.0417. The number of nitrogens with one attached hydrogen (secondary N) is 1. The molecule has 0 aliphatic heterocycles. The van der Waals surface area contributed by atoms with Gasteiger partial charge < -0.3 is 4.98 Å². The van der Waals surface area contributed by atoms with Crippen LogP contribution >= 0.6 is 23.2 Å². The molecule has 0 atom stereocenters. The summed E-state index contributed by atoms with van der Waals surface area (Å²) >= 11 is 12.2. The maximum absolute atomic E-state index is 12.7. The van der Waals surface area contributed by atoms with Crippen molar-refractivity contribution >= 4 is 29.0 Å². The van der Waals surface area contributed by atoms with Crippen LogP contribution in [0.4, 0.5) is 0 Å². The van der Waals surface area contributed by atoms with E-state index in [4.69, 9.17) is 23.2 Å². The van der Waals surface area contributed by atoms with Gasteiger partial charge in [-0.2, -0.15) is 0 Å². The monoisotopic (exact) mass is 405 g/mol. The smallest absolute Gasteiger partial charge is 0.162 e. The van der Waals surface area contributed by atoms with Crippen LogP contribution in [0.25, 0.3) is 33.6 Å². The molecule has 1 heterocycles. The van der Waals surface area contributed by atoms with Crippen molar-refractivity contribution in [2.75, 3.05) is 0 Å². The molecule has 0 radical (unpaired) electrons. The van der Waals surface area contributed by atoms with Gasteiger partial charge in [-0.1, -0.05) is 77.8 Å². The number of aromatic amines is 1. The van der Waals surface area contributed by atoms with Crippen molar-refractivity contribution in [2.45, 2.75) is 6.92 Å². The third-order valence-electron chi connectivity index (χ3n) is 4.68. The minimum Gasteiger partial charge on any atom is -0.353 e. The summed E-state index contributed by atoms with van der Waals surface area (Å²) in [7, 11) is 0. The van der Waals surface area contributed by atoms with Gasteiger partial charge in [-0.25, -0.2) is 0 Å². The summed E-state index contributed by atoms with van der Waals surface area (Å²) in [5.74, 6) is 0.000247. The largest absolute Gasteiger partial charge is 0.353 e. The van der Waals surface area contributed by atoms with Crippen LogP contribution in [0.5, 0.6) is 0 Å². The third-order valence-corrected chi connectivity index (χ3v) is 5.18. The Morgan fingerprint density at radius 2 is 1.18 bits per heavy atom. The third kappa shape index (κ3) is 3.49. The molecule has 4 aromatic rings. The molecule has 0 unspecified atom stereocenters. The number of hydrogen-bond acceptors (Lipinski definition) is 1. The Morgan fingerprint density at radius 1 is 0.679 bits per heavy atom. The number of Topliss-reactive ketones (excluding diaryl/α,β-unsaturated/α-hetero) is 1. The minimum atomic E-state index is 0.000247. The predicted octanol–water partition coefficient (Wildman–Crippen LogP) is 7.53. The normalized spacial score (nSPS) is 10.8. The SMILES string of the molecule is CC(=O)c1c(-c2ccccc2)[nH]c(-c2ccc(Cl)cc2)c1-c1ccc(Cl)cc1. The van der Waals surface area contributed by atoms with Crippen molar-refractivity contribution in [1.29, 1.82) is 0 Å². The van der Waals surface area contributed by atoms with E-state index in [1.54, 1.807) is 6.92 Å². The van der Waals surface area contributed by atoms with Crippen LogP contribution < -0.4 is 0 Å². The van der Waals surface area contributed by atoms with Crippen LogP contribution in [-0.4, -0.2) is 10.8 Å². The lowest BCUT2D eigenvalue weighted by molar-refractivity contribution is 0.101. The van der Waals surface area contributed by atoms with E-state index in [1.807, 2.05) is 78.9 Å². The second kappa shape index (κ2) is 7.67. The molecule has 0 aliphatic rings. The Kier molecular flexibility index (Phi) is 5.08. The number of H-pyrrole nitrogens is 1. The van der Waals surface area contributed by atoms with E-state index in [9.17, 15) is 4.79 Å². The first kappa shape index (κ1) is 18.5. The average Bonchev–Trinajstić information content (AvgIpc) is 3.11. The highest BCUT2D eigenvalue weighted by atomic mass is 35.5. The van der Waals surface area contributed by atoms with Crippen molar-refractivity contribution in [2.24, 2.45) is 0 Å². The summed E-state index contributed by atoms with van der Waals surface area (Å²) in [6.07, 6.45) is 0. The van der Waals surface area contributed by atoms with Crippen LogP contribution in [0.1, 0.15) is 17.3 Å². The summed E-state index contributed by atoms with van der Waals surface area (Å²) in [5, 5.41) is 1.32. The number of carbonyl (C=O) groups excluding carboxylic acids is 1. The summed E-state index contributed by atoms with van der Waals surface area (Å²) in [4.78, 5) is 16.2. The van der Waals surface area contributed by atoms with Crippen LogP contribution in [0.3, 0.4) is 0 Å². The molecule has 1 N–H and O–H groups in total. The van der Waals surface area contributed by atoms with Crippen LogP contribution in [-0.2, 0) is 0 Å². The highest BCUT2D eigenvalue weighted by molar-refractivity contribution is 6.31. The van der Waals surface area contributed by atoms with E-state index in [1.165, 1.54) is 0 Å². The number of halogens is 2. The average molecular weight is 406 g/mol. The van der Waals surface area contributed by atoms with Crippen molar-refractivity contribution in [3.8, 4) is 33.6 Å². The van der Waals surface area contributed by atoms with Gasteiger partial charge in [0.2, 0.25) is 0 Å². The van der Waals surface area contributed by atoms with Gasteiger partial charge in [0.05, 0.1) is 17.0 Å². The highest BCUT2D eigenvalue weighted by Crippen LogP contribution is 2.41. The first-order chi connectivity index (χ1) is 13.5. The van der Waals surface area contributed by atoms with Gasteiger partial charge in [0.1, 0.15) is 0 Å². The number of carbonyl (C=O) groups is 1. The van der Waals surface area contributed by atoms with E-state index >= 15 is 0 Å². The highest BCUT2D eigenvalue weighted by Gasteiger charge is 2.23. The standard InChI is InChI=1S/C24H17Cl2NO/c1-15(28)21-22(16-7-11-19(25)12-8-16)24(18-9-13-20(26)14-10-18)27-23(21)17-5-3-2-4-6-17/h2-14,27H,1H3. The molecule has 3 aromatic carbocycles. The zero-order valence-corrected chi connectivity index (χ0v) is 16.7. The van der Waals surface area contributed by atoms with Crippen molar-refractivity contribution in [3.63, 3.8) is 0 Å². The lowest BCUT2D eigenvalue weighted by atomic mass is 9.94. The van der Waals surface area contributed by atoms with Gasteiger partial charge in [0, 0.05) is 15.6 Å². The Labute approximate surface area is 173 Å². The predicted molar refractivity (Wildman–Crippen MR) is 117 cm³/mol. The first-order valence-electron chi connectivity index (χ1n) is 8.89. The van der Waals surface area contributed by atoms with Gasteiger partial charge in [0.25, 0.3) is 0 Å². The fourth-order valence-electron chi connectivity index (χ4n) is 3.41. The topological polar surface area (TPSA) is 32.9 Å². The summed E-state index contributed by atoms with van der Waals surface area (Å²) < 4.78 is 0. The molecular weight excluding hydrogens is 389 g/mol. The Hall–Kier alpha value is -2.81. The second-order valence-corrected chi connectivity index (χ2v) is 7.43. The number of benzene rings is 3. The maximum Gasteiger partial charge on any atom is 0.162 e. The van der Waals surface area contributed by atoms with Crippen molar-refractivity contribution < 1.29 is 4.79 Å². The van der Waals surface area contributed by atoms with Gasteiger partial charge in [-0.15, -0.1) is 0 Å². The zero-order valence-electron chi connectivity index (χ0n) is 15.2. The molecule has 0 fully saturated rings. The summed E-state index contributed by atoms with van der Waals surface area (Å²) in [6.45, 7) is 1.60. The molecule has 28 heavy (non-hydrogen) atoms. The number of rotatable bonds is 4. The zero-order chi connectivity index (χ0) is 19.7. The molecule has 0 spiro atoms. The molecule has 2 nitrogen and oxygen atoms in total. The van der Waals surface area contributed by atoms with E-state index in [0.29, 0.717) is 15.6 Å². The van der Waals surface area contributed by atoms with Crippen LogP contribution in [0.15, 0.2) is 78.9 Å². The maximum atomic E-state index is 12.7. The van der Waals surface area contributed by atoms with E-state index in [2.05, 4.69) is 4.98 Å². The molecule has 4 rings (SSSR count). The summed E-state index contributed by atoms with van der Waals surface area (Å²) in [6, 6.07) is 25.0. The minimum absolute atomic E-state index is 0.000247. The number of hydrogen-bond donors (Lipinski definition) is 1. The van der Waals surface area contributed by atoms with Gasteiger partial charge in [0.15, 0.2) is 5.78 Å². The lowest BCUT2D eigenvalue weighted by Crippen LogP contribution is -1.96. The quantitative estimate of drug-likeness (QED) is 0.349. The van der Waals surface area contributed by atoms with Gasteiger partial charge >= 0.3 is 0 Å². The first-order valence-corrected chi connectivity index (χ1v) is 9.64. The van der Waals surface area contributed by atoms with Crippen molar-refractivity contribution in [1.82, 2.24) is 4.98 Å². The Balaban J connectivity index is 2.05. The summed E-state index contributed by atoms with van der Waals surface area (Å²) in [5.41, 5.74) is 6.06. The second-order valence-electron chi connectivity index (χ2n) is 6.56. The van der Waals surface area contributed by atoms with E-state index in [0.717, 1.165) is 33.6 Å².